The number of allylic oxidation sites excluding steroid dienone is 3. The van der Waals surface area contributed by atoms with E-state index >= 15 is 0 Å². The highest BCUT2D eigenvalue weighted by atomic mass is 16.1. The molecule has 1 aromatic heterocycles. The third-order valence-electron chi connectivity index (χ3n) is 7.24. The molecule has 0 aliphatic carbocycles. The predicted molar refractivity (Wildman–Crippen MR) is 158 cm³/mol. The summed E-state index contributed by atoms with van der Waals surface area (Å²) >= 11 is 0. The SMILES string of the molecule is C\C=C(/C=N\C(=C(/C)CC)N1CCN(C=O)C(CN(C)CCCC)C1)c1ccc(C(=O)C(C)(C)C)c(C)n1. The summed E-state index contributed by atoms with van der Waals surface area (Å²) in [6.07, 6.45) is 8.10. The standard InChI is InChI=1S/C31H49N5O2/c1-10-13-16-34(9)20-26-21-35(17-18-36(26)22-37)30(23(4)11-2)32-19-25(12-3)28-15-14-27(24(5)33-28)29(38)31(6,7)8/h12,14-15,19,22,26H,10-11,13,16-18,20-21H2,1-9H3/b25-12+,30-23-,32-19-. The fourth-order valence-electron chi connectivity index (χ4n) is 4.65. The van der Waals surface area contributed by atoms with Gasteiger partial charge in [-0.05, 0) is 64.9 Å². The summed E-state index contributed by atoms with van der Waals surface area (Å²) in [6.45, 7) is 20.2. The lowest BCUT2D eigenvalue weighted by atomic mass is 9.86. The number of Topliss-reactive ketones (excluding diaryl/α,β-unsaturated/α-hetero) is 1. The number of rotatable bonds is 12. The fourth-order valence-corrected chi connectivity index (χ4v) is 4.65. The van der Waals surface area contributed by atoms with Crippen molar-refractivity contribution in [2.45, 2.75) is 80.7 Å². The quantitative estimate of drug-likeness (QED) is 0.202. The first-order chi connectivity index (χ1) is 18.0. The van der Waals surface area contributed by atoms with E-state index in [0.29, 0.717) is 12.1 Å². The van der Waals surface area contributed by atoms with Crippen LogP contribution in [0.2, 0.25) is 0 Å². The van der Waals surface area contributed by atoms with Crippen molar-refractivity contribution in [1.82, 2.24) is 19.7 Å². The summed E-state index contributed by atoms with van der Waals surface area (Å²) in [5.41, 5.74) is 3.87. The van der Waals surface area contributed by atoms with Crippen molar-refractivity contribution in [3.63, 3.8) is 0 Å². The zero-order valence-corrected chi connectivity index (χ0v) is 25.2. The van der Waals surface area contributed by atoms with Crippen LogP contribution in [0.3, 0.4) is 0 Å². The number of unbranched alkanes of at least 4 members (excludes halogenated alkanes) is 1. The van der Waals surface area contributed by atoms with E-state index in [1.54, 1.807) is 0 Å². The number of carbonyl (C=O) groups is 2. The van der Waals surface area contributed by atoms with Crippen molar-refractivity contribution < 1.29 is 9.59 Å². The lowest BCUT2D eigenvalue weighted by Crippen LogP contribution is -2.55. The second kappa shape index (κ2) is 14.4. The molecule has 0 radical (unpaired) electrons. The Hall–Kier alpha value is -2.80. The smallest absolute Gasteiger partial charge is 0.210 e. The minimum Gasteiger partial charge on any atom is -0.353 e. The summed E-state index contributed by atoms with van der Waals surface area (Å²) in [5.74, 6) is 1.06. The van der Waals surface area contributed by atoms with Crippen molar-refractivity contribution in [1.29, 1.82) is 0 Å². The van der Waals surface area contributed by atoms with Gasteiger partial charge >= 0.3 is 0 Å². The Morgan fingerprint density at radius 2 is 1.95 bits per heavy atom. The van der Waals surface area contributed by atoms with Crippen molar-refractivity contribution in [3.05, 3.63) is 46.6 Å². The minimum absolute atomic E-state index is 0.0953. The molecule has 7 heteroatoms. The van der Waals surface area contributed by atoms with Crippen molar-refractivity contribution in [2.24, 2.45) is 10.4 Å². The number of hydrogen-bond acceptors (Lipinski definition) is 6. The second-order valence-corrected chi connectivity index (χ2v) is 11.4. The van der Waals surface area contributed by atoms with Gasteiger partial charge < -0.3 is 14.7 Å². The van der Waals surface area contributed by atoms with Crippen LogP contribution in [0.1, 0.15) is 89.5 Å². The minimum atomic E-state index is -0.452. The molecule has 0 aromatic carbocycles. The van der Waals surface area contributed by atoms with Gasteiger partial charge in [0.25, 0.3) is 0 Å². The van der Waals surface area contributed by atoms with Gasteiger partial charge in [-0.3, -0.25) is 14.6 Å². The lowest BCUT2D eigenvalue weighted by Gasteiger charge is -2.42. The van der Waals surface area contributed by atoms with Crippen LogP contribution in [0.25, 0.3) is 5.57 Å². The van der Waals surface area contributed by atoms with E-state index in [9.17, 15) is 9.59 Å². The second-order valence-electron chi connectivity index (χ2n) is 11.4. The molecule has 0 saturated carbocycles. The van der Waals surface area contributed by atoms with E-state index in [1.807, 2.05) is 63.9 Å². The molecule has 1 aromatic rings. The van der Waals surface area contributed by atoms with Crippen molar-refractivity contribution >= 4 is 24.0 Å². The number of aliphatic imine (C=N–C) groups is 1. The number of aryl methyl sites for hydroxylation is 1. The molecule has 1 amide bonds. The average Bonchev–Trinajstić information content (AvgIpc) is 2.88. The molecule has 1 unspecified atom stereocenters. The van der Waals surface area contributed by atoms with Gasteiger partial charge in [0.05, 0.1) is 11.7 Å². The Bertz CT molecular complexity index is 1050. The monoisotopic (exact) mass is 523 g/mol. The number of nitrogens with zero attached hydrogens (tertiary/aromatic N) is 5. The van der Waals surface area contributed by atoms with Crippen LogP contribution in [0.5, 0.6) is 0 Å². The zero-order valence-electron chi connectivity index (χ0n) is 25.2. The normalized spacial score (nSPS) is 17.8. The first-order valence-corrected chi connectivity index (χ1v) is 14.0. The van der Waals surface area contributed by atoms with Gasteiger partial charge in [-0.2, -0.15) is 0 Å². The van der Waals surface area contributed by atoms with Crippen LogP contribution in [0.4, 0.5) is 0 Å². The van der Waals surface area contributed by atoms with Gasteiger partial charge in [0.1, 0.15) is 5.82 Å². The number of pyridine rings is 1. The molecule has 2 rings (SSSR count). The molecule has 1 saturated heterocycles. The maximum Gasteiger partial charge on any atom is 0.210 e. The summed E-state index contributed by atoms with van der Waals surface area (Å²) in [5, 5.41) is 0. The average molecular weight is 524 g/mol. The van der Waals surface area contributed by atoms with Crippen LogP contribution in [-0.2, 0) is 4.79 Å². The highest BCUT2D eigenvalue weighted by Gasteiger charge is 2.29. The number of carbonyl (C=O) groups excluding carboxylic acids is 2. The number of hydrogen-bond donors (Lipinski definition) is 0. The molecule has 0 N–H and O–H groups in total. The summed E-state index contributed by atoms with van der Waals surface area (Å²) in [7, 11) is 2.14. The maximum absolute atomic E-state index is 12.8. The third-order valence-corrected chi connectivity index (χ3v) is 7.24. The van der Waals surface area contributed by atoms with E-state index in [0.717, 1.165) is 74.6 Å². The topological polar surface area (TPSA) is 69.1 Å². The summed E-state index contributed by atoms with van der Waals surface area (Å²) in [6, 6.07) is 3.92. The highest BCUT2D eigenvalue weighted by molar-refractivity contribution is 6.09. The summed E-state index contributed by atoms with van der Waals surface area (Å²) < 4.78 is 0. The Morgan fingerprint density at radius 3 is 2.50 bits per heavy atom. The molecule has 38 heavy (non-hydrogen) atoms. The highest BCUT2D eigenvalue weighted by Crippen LogP contribution is 2.25. The molecule has 0 spiro atoms. The third kappa shape index (κ3) is 8.35. The number of amides is 1. The molecule has 1 aliphatic rings. The van der Waals surface area contributed by atoms with Crippen molar-refractivity contribution in [2.75, 3.05) is 39.8 Å². The molecular weight excluding hydrogens is 474 g/mol. The Kier molecular flexibility index (Phi) is 11.9. The first kappa shape index (κ1) is 31.4. The van der Waals surface area contributed by atoms with Crippen molar-refractivity contribution in [3.8, 4) is 0 Å². The van der Waals surface area contributed by atoms with Crippen LogP contribution in [0, 0.1) is 12.3 Å². The number of ketones is 1. The molecule has 1 fully saturated rings. The fraction of sp³-hybridized carbons (Fsp3) is 0.613. The Morgan fingerprint density at radius 1 is 1.24 bits per heavy atom. The van der Waals surface area contributed by atoms with E-state index in [1.165, 1.54) is 5.57 Å². The predicted octanol–water partition coefficient (Wildman–Crippen LogP) is 5.61. The van der Waals surface area contributed by atoms with Gasteiger partial charge in [-0.25, -0.2) is 4.99 Å². The van der Waals surface area contributed by atoms with Gasteiger partial charge in [0.15, 0.2) is 5.78 Å². The number of piperazine rings is 1. The first-order valence-electron chi connectivity index (χ1n) is 14.0. The maximum atomic E-state index is 12.8. The molecule has 1 aliphatic heterocycles. The Balaban J connectivity index is 2.29. The van der Waals surface area contributed by atoms with Gasteiger partial charge in [-0.15, -0.1) is 0 Å². The van der Waals surface area contributed by atoms with Gasteiger partial charge in [0, 0.05) is 54.6 Å². The summed E-state index contributed by atoms with van der Waals surface area (Å²) in [4.78, 5) is 41.0. The largest absolute Gasteiger partial charge is 0.353 e. The molecule has 1 atom stereocenters. The molecule has 7 nitrogen and oxygen atoms in total. The number of aromatic nitrogens is 1. The number of likely N-dealkylation sites (N-methyl/N-ethyl adjacent to an activating group) is 1. The van der Waals surface area contributed by atoms with Crippen LogP contribution >= 0.6 is 0 Å². The molecule has 2 heterocycles. The van der Waals surface area contributed by atoms with E-state index < -0.39 is 5.41 Å². The van der Waals surface area contributed by atoms with E-state index in [2.05, 4.69) is 37.6 Å². The lowest BCUT2D eigenvalue weighted by molar-refractivity contribution is -0.122. The molecule has 0 bridgehead atoms. The van der Waals surface area contributed by atoms with Crippen LogP contribution in [0.15, 0.2) is 34.6 Å². The zero-order chi connectivity index (χ0) is 28.5. The van der Waals surface area contributed by atoms with Crippen LogP contribution < -0.4 is 0 Å². The van der Waals surface area contributed by atoms with Crippen LogP contribution in [-0.4, -0.2) is 83.9 Å². The Labute approximate surface area is 230 Å². The molecular formula is C31H49N5O2. The van der Waals surface area contributed by atoms with Gasteiger partial charge in [0.2, 0.25) is 6.41 Å². The van der Waals surface area contributed by atoms with E-state index in [4.69, 9.17) is 9.98 Å². The van der Waals surface area contributed by atoms with E-state index in [-0.39, 0.29) is 11.8 Å². The molecule has 210 valence electrons. The van der Waals surface area contributed by atoms with Gasteiger partial charge in [-0.1, -0.05) is 47.1 Å².